The quantitative estimate of drug-likeness (QED) is 0.575. The summed E-state index contributed by atoms with van der Waals surface area (Å²) in [6.45, 7) is 2.47. The zero-order valence-corrected chi connectivity index (χ0v) is 16.5. The summed E-state index contributed by atoms with van der Waals surface area (Å²) in [6.07, 6.45) is 1.74. The molecule has 3 aromatic rings. The standard InChI is InChI=1S/C24H25N3O2/c1-18(20-13-6-3-7-14-20)26-24(29)22-16-8-15-21(27-22)23(28)25-17-9-12-19-10-4-2-5-11-19/h2-8,10-11,13-16,18H,9,12,17H2,1H3,(H,25,28)(H,26,29). The van der Waals surface area contributed by atoms with Gasteiger partial charge >= 0.3 is 0 Å². The van der Waals surface area contributed by atoms with E-state index in [1.165, 1.54) is 5.56 Å². The predicted octanol–water partition coefficient (Wildman–Crippen LogP) is 3.94. The van der Waals surface area contributed by atoms with E-state index in [2.05, 4.69) is 27.8 Å². The molecule has 148 valence electrons. The van der Waals surface area contributed by atoms with Crippen molar-refractivity contribution in [3.8, 4) is 0 Å². The van der Waals surface area contributed by atoms with Crippen LogP contribution < -0.4 is 10.6 Å². The molecule has 0 fully saturated rings. The second-order valence-electron chi connectivity index (χ2n) is 6.86. The molecule has 0 bridgehead atoms. The van der Waals surface area contributed by atoms with Crippen LogP contribution in [0.15, 0.2) is 78.9 Å². The van der Waals surface area contributed by atoms with Crippen LogP contribution in [0.2, 0.25) is 0 Å². The topological polar surface area (TPSA) is 71.1 Å². The summed E-state index contributed by atoms with van der Waals surface area (Å²) in [5.74, 6) is -0.580. The number of benzene rings is 2. The molecule has 2 amide bonds. The van der Waals surface area contributed by atoms with Crippen molar-refractivity contribution in [1.29, 1.82) is 0 Å². The molecular formula is C24H25N3O2. The van der Waals surface area contributed by atoms with Gasteiger partial charge in [0.25, 0.3) is 11.8 Å². The molecular weight excluding hydrogens is 362 g/mol. The smallest absolute Gasteiger partial charge is 0.270 e. The third-order valence-corrected chi connectivity index (χ3v) is 4.63. The van der Waals surface area contributed by atoms with Crippen LogP contribution in [0.3, 0.4) is 0 Å². The lowest BCUT2D eigenvalue weighted by Gasteiger charge is -2.14. The van der Waals surface area contributed by atoms with Crippen LogP contribution in [0.1, 0.15) is 51.5 Å². The zero-order valence-electron chi connectivity index (χ0n) is 16.5. The molecule has 0 spiro atoms. The lowest BCUT2D eigenvalue weighted by atomic mass is 10.1. The Morgan fingerprint density at radius 2 is 1.45 bits per heavy atom. The van der Waals surface area contributed by atoms with E-state index < -0.39 is 0 Å². The number of aromatic nitrogens is 1. The van der Waals surface area contributed by atoms with E-state index in [1.807, 2.05) is 55.5 Å². The Hall–Kier alpha value is -3.47. The first-order chi connectivity index (χ1) is 14.1. The Labute approximate surface area is 171 Å². The van der Waals surface area contributed by atoms with Gasteiger partial charge in [-0.2, -0.15) is 0 Å². The maximum atomic E-state index is 12.5. The summed E-state index contributed by atoms with van der Waals surface area (Å²) in [4.78, 5) is 29.1. The van der Waals surface area contributed by atoms with Gasteiger partial charge in [0.1, 0.15) is 11.4 Å². The highest BCUT2D eigenvalue weighted by Gasteiger charge is 2.15. The van der Waals surface area contributed by atoms with Gasteiger partial charge in [-0.3, -0.25) is 9.59 Å². The number of aryl methyl sites for hydroxylation is 1. The van der Waals surface area contributed by atoms with Crippen molar-refractivity contribution in [2.24, 2.45) is 0 Å². The first-order valence-corrected chi connectivity index (χ1v) is 9.78. The maximum Gasteiger partial charge on any atom is 0.270 e. The molecule has 5 nitrogen and oxygen atoms in total. The van der Waals surface area contributed by atoms with Crippen molar-refractivity contribution in [3.63, 3.8) is 0 Å². The number of carbonyl (C=O) groups excluding carboxylic acids is 2. The van der Waals surface area contributed by atoms with E-state index in [9.17, 15) is 9.59 Å². The highest BCUT2D eigenvalue weighted by molar-refractivity contribution is 5.96. The highest BCUT2D eigenvalue weighted by Crippen LogP contribution is 2.12. The maximum absolute atomic E-state index is 12.5. The van der Waals surface area contributed by atoms with Crippen LogP contribution >= 0.6 is 0 Å². The number of carbonyl (C=O) groups is 2. The van der Waals surface area contributed by atoms with Crippen molar-refractivity contribution in [3.05, 3.63) is 101 Å². The Balaban J connectivity index is 1.52. The molecule has 2 N–H and O–H groups in total. The Morgan fingerprint density at radius 1 is 0.828 bits per heavy atom. The third kappa shape index (κ3) is 6.01. The molecule has 1 atom stereocenters. The van der Waals surface area contributed by atoms with Crippen LogP contribution in [-0.4, -0.2) is 23.3 Å². The molecule has 5 heteroatoms. The van der Waals surface area contributed by atoms with Crippen molar-refractivity contribution in [2.45, 2.75) is 25.8 Å². The van der Waals surface area contributed by atoms with Gasteiger partial charge < -0.3 is 10.6 Å². The van der Waals surface area contributed by atoms with E-state index in [1.54, 1.807) is 18.2 Å². The number of nitrogens with zero attached hydrogens (tertiary/aromatic N) is 1. The number of amides is 2. The summed E-state index contributed by atoms with van der Waals surface area (Å²) >= 11 is 0. The lowest BCUT2D eigenvalue weighted by molar-refractivity contribution is 0.0933. The van der Waals surface area contributed by atoms with Gasteiger partial charge in [-0.1, -0.05) is 66.7 Å². The molecule has 0 aliphatic carbocycles. The van der Waals surface area contributed by atoms with Gasteiger partial charge in [-0.15, -0.1) is 0 Å². The minimum absolute atomic E-state index is 0.152. The summed E-state index contributed by atoms with van der Waals surface area (Å²) in [5, 5.41) is 5.78. The van der Waals surface area contributed by atoms with Crippen LogP contribution in [0.5, 0.6) is 0 Å². The molecule has 3 rings (SSSR count). The fraction of sp³-hybridized carbons (Fsp3) is 0.208. The lowest BCUT2D eigenvalue weighted by Crippen LogP contribution is -2.29. The molecule has 1 heterocycles. The average Bonchev–Trinajstić information content (AvgIpc) is 2.78. The average molecular weight is 387 g/mol. The van der Waals surface area contributed by atoms with Gasteiger partial charge in [0.15, 0.2) is 0 Å². The molecule has 1 unspecified atom stereocenters. The van der Waals surface area contributed by atoms with Gasteiger partial charge in [-0.05, 0) is 43.0 Å². The highest BCUT2D eigenvalue weighted by atomic mass is 16.2. The predicted molar refractivity (Wildman–Crippen MR) is 114 cm³/mol. The molecule has 0 radical (unpaired) electrons. The summed E-state index contributed by atoms with van der Waals surface area (Å²) in [7, 11) is 0. The van der Waals surface area contributed by atoms with E-state index in [0.717, 1.165) is 18.4 Å². The van der Waals surface area contributed by atoms with Crippen molar-refractivity contribution >= 4 is 11.8 Å². The number of nitrogens with one attached hydrogen (secondary N) is 2. The van der Waals surface area contributed by atoms with E-state index in [4.69, 9.17) is 0 Å². The number of hydrogen-bond donors (Lipinski definition) is 2. The van der Waals surface area contributed by atoms with Crippen LogP contribution in [-0.2, 0) is 6.42 Å². The number of rotatable bonds is 8. The Morgan fingerprint density at radius 3 is 2.14 bits per heavy atom. The fourth-order valence-corrected chi connectivity index (χ4v) is 3.01. The molecule has 0 aliphatic heterocycles. The molecule has 1 aromatic heterocycles. The monoisotopic (exact) mass is 387 g/mol. The van der Waals surface area contributed by atoms with Gasteiger partial charge in [0, 0.05) is 6.54 Å². The van der Waals surface area contributed by atoms with Crippen molar-refractivity contribution < 1.29 is 9.59 Å². The fourth-order valence-electron chi connectivity index (χ4n) is 3.01. The zero-order chi connectivity index (χ0) is 20.5. The van der Waals surface area contributed by atoms with Gasteiger partial charge in [0.2, 0.25) is 0 Å². The van der Waals surface area contributed by atoms with Gasteiger partial charge in [-0.25, -0.2) is 4.98 Å². The molecule has 29 heavy (non-hydrogen) atoms. The van der Waals surface area contributed by atoms with Crippen molar-refractivity contribution in [2.75, 3.05) is 6.54 Å². The second kappa shape index (κ2) is 10.2. The van der Waals surface area contributed by atoms with E-state index >= 15 is 0 Å². The summed E-state index contributed by atoms with van der Waals surface area (Å²) in [5.41, 5.74) is 2.72. The minimum Gasteiger partial charge on any atom is -0.351 e. The third-order valence-electron chi connectivity index (χ3n) is 4.63. The number of pyridine rings is 1. The largest absolute Gasteiger partial charge is 0.351 e. The van der Waals surface area contributed by atoms with Crippen molar-refractivity contribution in [1.82, 2.24) is 15.6 Å². The minimum atomic E-state index is -0.305. The summed E-state index contributed by atoms with van der Waals surface area (Å²) in [6, 6.07) is 24.6. The van der Waals surface area contributed by atoms with E-state index in [-0.39, 0.29) is 29.2 Å². The summed E-state index contributed by atoms with van der Waals surface area (Å²) < 4.78 is 0. The normalized spacial score (nSPS) is 11.5. The molecule has 0 aliphatic rings. The first-order valence-electron chi connectivity index (χ1n) is 9.78. The van der Waals surface area contributed by atoms with Crippen LogP contribution in [0.25, 0.3) is 0 Å². The Kier molecular flexibility index (Phi) is 7.11. The SMILES string of the molecule is CC(NC(=O)c1cccc(C(=O)NCCCc2ccccc2)n1)c1ccccc1. The van der Waals surface area contributed by atoms with Crippen LogP contribution in [0.4, 0.5) is 0 Å². The second-order valence-corrected chi connectivity index (χ2v) is 6.86. The van der Waals surface area contributed by atoms with E-state index in [0.29, 0.717) is 6.54 Å². The molecule has 2 aromatic carbocycles. The molecule has 0 saturated heterocycles. The van der Waals surface area contributed by atoms with Crippen LogP contribution in [0, 0.1) is 0 Å². The molecule has 0 saturated carbocycles. The van der Waals surface area contributed by atoms with Gasteiger partial charge in [0.05, 0.1) is 6.04 Å². The first kappa shape index (κ1) is 20.3. The Bertz CT molecular complexity index is 943. The number of hydrogen-bond acceptors (Lipinski definition) is 3.